The molecule has 0 bridgehead atoms. The third-order valence-electron chi connectivity index (χ3n) is 7.32. The molecule has 1 aliphatic heterocycles. The summed E-state index contributed by atoms with van der Waals surface area (Å²) in [4.78, 5) is 27.9. The Morgan fingerprint density at radius 2 is 1.40 bits per heavy atom. The summed E-state index contributed by atoms with van der Waals surface area (Å²) in [6.45, 7) is 4.65. The van der Waals surface area contributed by atoms with E-state index in [0.717, 1.165) is 21.6 Å². The van der Waals surface area contributed by atoms with E-state index < -0.39 is 30.3 Å². The molecule has 3 atom stereocenters. The molecule has 1 N–H and O–H groups in total. The molecule has 7 nitrogen and oxygen atoms in total. The minimum absolute atomic E-state index is 0.0683. The van der Waals surface area contributed by atoms with Crippen LogP contribution < -0.4 is 9.47 Å². The maximum Gasteiger partial charge on any atom is 0.417 e. The Labute approximate surface area is 246 Å². The normalized spacial score (nSPS) is 16.1. The van der Waals surface area contributed by atoms with E-state index in [1.807, 2.05) is 72.8 Å². The largest absolute Gasteiger partial charge is 0.489 e. The lowest BCUT2D eigenvalue weighted by Gasteiger charge is -2.28. The van der Waals surface area contributed by atoms with Crippen LogP contribution in [0.2, 0.25) is 0 Å². The predicted molar refractivity (Wildman–Crippen MR) is 159 cm³/mol. The van der Waals surface area contributed by atoms with Gasteiger partial charge in [-0.1, -0.05) is 98.8 Å². The van der Waals surface area contributed by atoms with Gasteiger partial charge in [0.05, 0.1) is 6.04 Å². The van der Waals surface area contributed by atoms with Crippen LogP contribution >= 0.6 is 0 Å². The zero-order valence-electron chi connectivity index (χ0n) is 23.8. The highest BCUT2D eigenvalue weighted by molar-refractivity contribution is 5.96. The number of aliphatic hydroxyl groups excluding tert-OH is 1. The highest BCUT2D eigenvalue weighted by atomic mass is 16.6. The highest BCUT2D eigenvalue weighted by Crippen LogP contribution is 2.29. The van der Waals surface area contributed by atoms with Gasteiger partial charge in [0.1, 0.15) is 30.8 Å². The van der Waals surface area contributed by atoms with Crippen molar-refractivity contribution in [3.05, 3.63) is 131 Å². The van der Waals surface area contributed by atoms with Crippen LogP contribution in [0.1, 0.15) is 48.1 Å². The SMILES string of the molecule is CC(C)c1ccc(O[C@@H](C(=O)N2C(=O)OC[C@H]2Cc2ccccc2)[C@@H](O)c2ccc(OCc3ccccc3)cc2)cc1. The van der Waals surface area contributed by atoms with Crippen LogP contribution in [0.3, 0.4) is 0 Å². The number of rotatable bonds is 11. The number of amides is 2. The van der Waals surface area contributed by atoms with Gasteiger partial charge in [-0.25, -0.2) is 9.69 Å². The standard InChI is InChI=1S/C35H35NO6/c1-24(2)27-13-19-31(20-14-27)42-33(34(38)36-29(23-41-35(36)39)21-25-9-5-3-6-10-25)32(37)28-15-17-30(18-16-28)40-22-26-11-7-4-8-12-26/h3-20,24,29,32-33,37H,21-23H2,1-2H3/t29-,32+,33-/m1/s1. The van der Waals surface area contributed by atoms with Gasteiger partial charge in [0, 0.05) is 0 Å². The van der Waals surface area contributed by atoms with E-state index in [1.165, 1.54) is 0 Å². The number of carbonyl (C=O) groups excluding carboxylic acids is 2. The van der Waals surface area contributed by atoms with Crippen LogP contribution in [0.25, 0.3) is 0 Å². The third kappa shape index (κ3) is 6.98. The summed E-state index contributed by atoms with van der Waals surface area (Å²) in [6.07, 6.45) is -3.08. The van der Waals surface area contributed by atoms with Crippen molar-refractivity contribution in [2.75, 3.05) is 6.61 Å². The smallest absolute Gasteiger partial charge is 0.417 e. The van der Waals surface area contributed by atoms with E-state index in [0.29, 0.717) is 36.0 Å². The van der Waals surface area contributed by atoms with Gasteiger partial charge < -0.3 is 19.3 Å². The summed E-state index contributed by atoms with van der Waals surface area (Å²) in [5.74, 6) is 0.687. The molecule has 1 fully saturated rings. The van der Waals surface area contributed by atoms with Crippen molar-refractivity contribution in [3.63, 3.8) is 0 Å². The van der Waals surface area contributed by atoms with E-state index in [2.05, 4.69) is 13.8 Å². The van der Waals surface area contributed by atoms with E-state index in [-0.39, 0.29) is 6.61 Å². The van der Waals surface area contributed by atoms with E-state index >= 15 is 0 Å². The van der Waals surface area contributed by atoms with Crippen LogP contribution in [-0.4, -0.2) is 40.8 Å². The number of imide groups is 1. The van der Waals surface area contributed by atoms with Crippen LogP contribution in [0.15, 0.2) is 109 Å². The fourth-order valence-electron chi connectivity index (χ4n) is 4.91. The summed E-state index contributed by atoms with van der Waals surface area (Å²) in [7, 11) is 0. The van der Waals surface area contributed by atoms with Gasteiger partial charge in [0.15, 0.2) is 0 Å². The van der Waals surface area contributed by atoms with Crippen molar-refractivity contribution in [2.24, 2.45) is 0 Å². The Hall–Kier alpha value is -4.62. The van der Waals surface area contributed by atoms with E-state index in [4.69, 9.17) is 14.2 Å². The molecule has 1 heterocycles. The molecule has 216 valence electrons. The first-order valence-corrected chi connectivity index (χ1v) is 14.1. The molecule has 1 saturated heterocycles. The molecule has 0 saturated carbocycles. The Balaban J connectivity index is 1.38. The van der Waals surface area contributed by atoms with Gasteiger partial charge in [-0.3, -0.25) is 4.79 Å². The molecule has 0 aromatic heterocycles. The van der Waals surface area contributed by atoms with Gasteiger partial charge in [0.25, 0.3) is 5.91 Å². The fraction of sp³-hybridized carbons (Fsp3) is 0.257. The predicted octanol–water partition coefficient (Wildman–Crippen LogP) is 6.46. The Morgan fingerprint density at radius 3 is 2.02 bits per heavy atom. The van der Waals surface area contributed by atoms with E-state index in [9.17, 15) is 14.7 Å². The molecule has 1 aliphatic rings. The lowest BCUT2D eigenvalue weighted by molar-refractivity contribution is -0.142. The fourth-order valence-corrected chi connectivity index (χ4v) is 4.91. The molecule has 5 rings (SSSR count). The lowest BCUT2D eigenvalue weighted by atomic mass is 10.0. The summed E-state index contributed by atoms with van der Waals surface area (Å²) < 4.78 is 17.3. The maximum absolute atomic E-state index is 14.0. The second-order valence-electron chi connectivity index (χ2n) is 10.7. The summed E-state index contributed by atoms with van der Waals surface area (Å²) >= 11 is 0. The quantitative estimate of drug-likeness (QED) is 0.225. The highest BCUT2D eigenvalue weighted by Gasteiger charge is 2.44. The number of cyclic esters (lactones) is 1. The van der Waals surface area contributed by atoms with Crippen molar-refractivity contribution in [2.45, 2.75) is 51.0 Å². The van der Waals surface area contributed by atoms with Crippen molar-refractivity contribution in [3.8, 4) is 11.5 Å². The monoisotopic (exact) mass is 565 g/mol. The first-order chi connectivity index (χ1) is 20.4. The third-order valence-corrected chi connectivity index (χ3v) is 7.32. The van der Waals surface area contributed by atoms with Gasteiger partial charge in [-0.2, -0.15) is 0 Å². The van der Waals surface area contributed by atoms with E-state index in [1.54, 1.807) is 36.4 Å². The van der Waals surface area contributed by atoms with Crippen molar-refractivity contribution < 1.29 is 28.9 Å². The number of aliphatic hydroxyl groups is 1. The second-order valence-corrected chi connectivity index (χ2v) is 10.7. The molecule has 0 radical (unpaired) electrons. The lowest BCUT2D eigenvalue weighted by Crippen LogP contribution is -2.49. The second kappa shape index (κ2) is 13.4. The number of ether oxygens (including phenoxy) is 3. The molecule has 0 unspecified atom stereocenters. The summed E-state index contributed by atoms with van der Waals surface area (Å²) in [6, 6.07) is 33.1. The average Bonchev–Trinajstić information content (AvgIpc) is 3.39. The minimum Gasteiger partial charge on any atom is -0.489 e. The maximum atomic E-state index is 14.0. The number of hydrogen-bond donors (Lipinski definition) is 1. The average molecular weight is 566 g/mol. The Bertz CT molecular complexity index is 1460. The molecular formula is C35H35NO6. The topological polar surface area (TPSA) is 85.3 Å². The molecule has 4 aromatic rings. The number of carbonyl (C=O) groups is 2. The van der Waals surface area contributed by atoms with Crippen LogP contribution in [-0.2, 0) is 22.6 Å². The first kappa shape index (κ1) is 28.9. The summed E-state index contributed by atoms with van der Waals surface area (Å²) in [5.41, 5.74) is 3.56. The minimum atomic E-state index is -1.39. The molecule has 4 aromatic carbocycles. The zero-order chi connectivity index (χ0) is 29.5. The van der Waals surface area contributed by atoms with Crippen LogP contribution in [0.4, 0.5) is 4.79 Å². The van der Waals surface area contributed by atoms with Gasteiger partial charge >= 0.3 is 6.09 Å². The van der Waals surface area contributed by atoms with Gasteiger partial charge in [0.2, 0.25) is 6.10 Å². The Kier molecular flexibility index (Phi) is 9.19. The molecule has 42 heavy (non-hydrogen) atoms. The number of nitrogens with zero attached hydrogens (tertiary/aromatic N) is 1. The van der Waals surface area contributed by atoms with Gasteiger partial charge in [-0.15, -0.1) is 0 Å². The molecule has 7 heteroatoms. The van der Waals surface area contributed by atoms with Crippen LogP contribution in [0, 0.1) is 0 Å². The molecule has 0 spiro atoms. The van der Waals surface area contributed by atoms with Crippen molar-refractivity contribution in [1.29, 1.82) is 0 Å². The number of hydrogen-bond acceptors (Lipinski definition) is 6. The van der Waals surface area contributed by atoms with Gasteiger partial charge in [-0.05, 0) is 58.9 Å². The van der Waals surface area contributed by atoms with Crippen LogP contribution in [0.5, 0.6) is 11.5 Å². The Morgan fingerprint density at radius 1 is 0.833 bits per heavy atom. The molecule has 2 amide bonds. The zero-order valence-corrected chi connectivity index (χ0v) is 23.8. The summed E-state index contributed by atoms with van der Waals surface area (Å²) in [5, 5.41) is 11.5. The molecule has 0 aliphatic carbocycles. The number of benzene rings is 4. The van der Waals surface area contributed by atoms with Crippen molar-refractivity contribution in [1.82, 2.24) is 4.90 Å². The molecular weight excluding hydrogens is 530 g/mol. The first-order valence-electron chi connectivity index (χ1n) is 14.1. The van der Waals surface area contributed by atoms with Crippen molar-refractivity contribution >= 4 is 12.0 Å².